The first kappa shape index (κ1) is 16.1. The summed E-state index contributed by atoms with van der Waals surface area (Å²) in [5.41, 5.74) is 6.93. The molecule has 3 N–H and O–H groups in total. The summed E-state index contributed by atoms with van der Waals surface area (Å²) in [6.07, 6.45) is 1.61. The van der Waals surface area contributed by atoms with Crippen LogP contribution < -0.4 is 11.1 Å². The second-order valence-corrected chi connectivity index (χ2v) is 6.99. The predicted molar refractivity (Wildman–Crippen MR) is 96.7 cm³/mol. The van der Waals surface area contributed by atoms with Crippen molar-refractivity contribution in [2.24, 2.45) is 0 Å². The minimum atomic E-state index is -0.457. The van der Waals surface area contributed by atoms with Crippen LogP contribution in [-0.4, -0.2) is 15.9 Å². The Morgan fingerprint density at radius 3 is 2.58 bits per heavy atom. The van der Waals surface area contributed by atoms with Gasteiger partial charge in [-0.2, -0.15) is 0 Å². The van der Waals surface area contributed by atoms with Crippen LogP contribution in [0.4, 0.5) is 5.95 Å². The highest BCUT2D eigenvalue weighted by Crippen LogP contribution is 2.28. The number of nitrogens with zero attached hydrogens (tertiary/aromatic N) is 2. The fourth-order valence-corrected chi connectivity index (χ4v) is 3.25. The minimum Gasteiger partial charge on any atom is -0.368 e. The summed E-state index contributed by atoms with van der Waals surface area (Å²) in [4.78, 5) is 22.2. The third kappa shape index (κ3) is 3.44. The zero-order valence-corrected chi connectivity index (χ0v) is 14.3. The normalized spacial score (nSPS) is 11.2. The molecule has 0 aliphatic carbocycles. The molecular weight excluding hydrogens is 320 g/mol. The average molecular weight is 338 g/mol. The quantitative estimate of drug-likeness (QED) is 0.763. The van der Waals surface area contributed by atoms with Crippen molar-refractivity contribution in [3.63, 3.8) is 0 Å². The maximum atomic E-state index is 12.6. The van der Waals surface area contributed by atoms with E-state index in [1.165, 1.54) is 11.3 Å². The van der Waals surface area contributed by atoms with E-state index < -0.39 is 5.54 Å². The van der Waals surface area contributed by atoms with Crippen molar-refractivity contribution in [1.29, 1.82) is 0 Å². The number of hydrogen-bond acceptors (Lipinski definition) is 5. The summed E-state index contributed by atoms with van der Waals surface area (Å²) >= 11 is 1.38. The lowest BCUT2D eigenvalue weighted by molar-refractivity contribution is 0.0916. The topological polar surface area (TPSA) is 80.9 Å². The van der Waals surface area contributed by atoms with Gasteiger partial charge < -0.3 is 11.1 Å². The van der Waals surface area contributed by atoms with Gasteiger partial charge in [0, 0.05) is 6.20 Å². The molecule has 0 aliphatic rings. The third-order valence-corrected chi connectivity index (χ3v) is 4.78. The van der Waals surface area contributed by atoms with Crippen molar-refractivity contribution in [2.75, 3.05) is 5.73 Å². The number of amides is 1. The van der Waals surface area contributed by atoms with Gasteiger partial charge in [0.25, 0.3) is 5.91 Å². The summed E-state index contributed by atoms with van der Waals surface area (Å²) < 4.78 is 0. The van der Waals surface area contributed by atoms with E-state index in [4.69, 9.17) is 5.73 Å². The molecule has 1 amide bonds. The lowest BCUT2D eigenvalue weighted by Crippen LogP contribution is -2.40. The van der Waals surface area contributed by atoms with E-state index in [1.54, 1.807) is 18.3 Å². The first-order chi connectivity index (χ1) is 11.5. The highest BCUT2D eigenvalue weighted by molar-refractivity contribution is 7.17. The van der Waals surface area contributed by atoms with Crippen LogP contribution >= 0.6 is 11.3 Å². The number of nitrogen functional groups attached to an aromatic ring is 1. The molecule has 1 aromatic carbocycles. The maximum absolute atomic E-state index is 12.6. The first-order valence-corrected chi connectivity index (χ1v) is 8.34. The SMILES string of the molecule is CC(C)(NC(=O)c1ccc(-c2ccnc(N)n2)s1)c1ccccc1. The predicted octanol–water partition coefficient (Wildman–Crippen LogP) is 3.45. The molecule has 3 rings (SSSR count). The highest BCUT2D eigenvalue weighted by atomic mass is 32.1. The molecule has 122 valence electrons. The maximum Gasteiger partial charge on any atom is 0.262 e. The van der Waals surface area contributed by atoms with Gasteiger partial charge >= 0.3 is 0 Å². The Morgan fingerprint density at radius 2 is 1.88 bits per heavy atom. The molecule has 0 aliphatic heterocycles. The summed E-state index contributed by atoms with van der Waals surface area (Å²) in [6, 6.07) is 15.3. The lowest BCUT2D eigenvalue weighted by Gasteiger charge is -2.26. The Hall–Kier alpha value is -2.73. The second kappa shape index (κ2) is 6.41. The largest absolute Gasteiger partial charge is 0.368 e. The number of hydrogen-bond donors (Lipinski definition) is 2. The summed E-state index contributed by atoms with van der Waals surface area (Å²) in [5, 5.41) is 3.08. The molecule has 2 aromatic heterocycles. The van der Waals surface area contributed by atoms with Crippen LogP contribution in [-0.2, 0) is 5.54 Å². The van der Waals surface area contributed by atoms with E-state index in [1.807, 2.05) is 50.2 Å². The van der Waals surface area contributed by atoms with E-state index in [0.717, 1.165) is 10.4 Å². The van der Waals surface area contributed by atoms with Crippen molar-refractivity contribution in [3.05, 3.63) is 65.2 Å². The van der Waals surface area contributed by atoms with Crippen molar-refractivity contribution in [1.82, 2.24) is 15.3 Å². The number of nitrogens with two attached hydrogens (primary N) is 1. The van der Waals surface area contributed by atoms with Crippen LogP contribution in [0.1, 0.15) is 29.1 Å². The molecule has 5 nitrogen and oxygen atoms in total. The summed E-state index contributed by atoms with van der Waals surface area (Å²) in [5.74, 6) is 0.110. The number of benzene rings is 1. The molecular formula is C18H18N4OS. The van der Waals surface area contributed by atoms with Gasteiger partial charge in [-0.3, -0.25) is 4.79 Å². The lowest BCUT2D eigenvalue weighted by atomic mass is 9.94. The van der Waals surface area contributed by atoms with Gasteiger partial charge in [0.05, 0.1) is 21.0 Å². The number of aromatic nitrogens is 2. The molecule has 0 bridgehead atoms. The average Bonchev–Trinajstić information content (AvgIpc) is 3.05. The fourth-order valence-electron chi connectivity index (χ4n) is 2.38. The van der Waals surface area contributed by atoms with Gasteiger partial charge in [-0.15, -0.1) is 11.3 Å². The zero-order valence-electron chi connectivity index (χ0n) is 13.5. The summed E-state index contributed by atoms with van der Waals surface area (Å²) in [7, 11) is 0. The van der Waals surface area contributed by atoms with Crippen LogP contribution in [0.3, 0.4) is 0 Å². The van der Waals surface area contributed by atoms with E-state index in [2.05, 4.69) is 15.3 Å². The van der Waals surface area contributed by atoms with E-state index in [9.17, 15) is 4.79 Å². The number of thiophene rings is 1. The van der Waals surface area contributed by atoms with E-state index in [0.29, 0.717) is 10.6 Å². The van der Waals surface area contributed by atoms with Gasteiger partial charge in [-0.1, -0.05) is 30.3 Å². The monoisotopic (exact) mass is 338 g/mol. The van der Waals surface area contributed by atoms with Crippen LogP contribution in [0.25, 0.3) is 10.6 Å². The third-order valence-electron chi connectivity index (χ3n) is 3.68. The van der Waals surface area contributed by atoms with Gasteiger partial charge in [0.15, 0.2) is 0 Å². The number of anilines is 1. The number of carbonyl (C=O) groups excluding carboxylic acids is 1. The fraction of sp³-hybridized carbons (Fsp3) is 0.167. The van der Waals surface area contributed by atoms with E-state index >= 15 is 0 Å². The molecule has 6 heteroatoms. The zero-order chi connectivity index (χ0) is 17.2. The molecule has 0 saturated heterocycles. The standard InChI is InChI=1S/C18H18N4OS/c1-18(2,12-6-4-3-5-7-12)22-16(23)15-9-8-14(24-15)13-10-11-20-17(19)21-13/h3-11H,1-2H3,(H,22,23)(H2,19,20,21). The van der Waals surface area contributed by atoms with Crippen LogP contribution in [0.15, 0.2) is 54.7 Å². The molecule has 24 heavy (non-hydrogen) atoms. The highest BCUT2D eigenvalue weighted by Gasteiger charge is 2.24. The smallest absolute Gasteiger partial charge is 0.262 e. The Morgan fingerprint density at radius 1 is 1.12 bits per heavy atom. The second-order valence-electron chi connectivity index (χ2n) is 5.91. The van der Waals surface area contributed by atoms with Gasteiger partial charge in [-0.05, 0) is 37.6 Å². The first-order valence-electron chi connectivity index (χ1n) is 7.52. The van der Waals surface area contributed by atoms with Crippen molar-refractivity contribution in [2.45, 2.75) is 19.4 Å². The Kier molecular flexibility index (Phi) is 4.31. The number of rotatable bonds is 4. The Labute approximate surface area is 144 Å². The van der Waals surface area contributed by atoms with Crippen molar-refractivity contribution >= 4 is 23.2 Å². The Balaban J connectivity index is 1.79. The van der Waals surface area contributed by atoms with Crippen LogP contribution in [0.2, 0.25) is 0 Å². The molecule has 0 radical (unpaired) electrons. The molecule has 0 saturated carbocycles. The molecule has 0 fully saturated rings. The Bertz CT molecular complexity index is 858. The molecule has 2 heterocycles. The van der Waals surface area contributed by atoms with Crippen LogP contribution in [0, 0.1) is 0 Å². The summed E-state index contributed by atoms with van der Waals surface area (Å²) in [6.45, 7) is 3.97. The minimum absolute atomic E-state index is 0.109. The van der Waals surface area contributed by atoms with Crippen molar-refractivity contribution in [3.8, 4) is 10.6 Å². The molecule has 3 aromatic rings. The molecule has 0 atom stereocenters. The van der Waals surface area contributed by atoms with Gasteiger partial charge in [0.2, 0.25) is 5.95 Å². The number of nitrogens with one attached hydrogen (secondary N) is 1. The van der Waals surface area contributed by atoms with Crippen molar-refractivity contribution < 1.29 is 4.79 Å². The van der Waals surface area contributed by atoms with Crippen LogP contribution in [0.5, 0.6) is 0 Å². The molecule has 0 unspecified atom stereocenters. The number of carbonyl (C=O) groups is 1. The van der Waals surface area contributed by atoms with Gasteiger partial charge in [0.1, 0.15) is 0 Å². The van der Waals surface area contributed by atoms with Gasteiger partial charge in [-0.25, -0.2) is 9.97 Å². The molecule has 0 spiro atoms. The van der Waals surface area contributed by atoms with E-state index in [-0.39, 0.29) is 11.9 Å².